The quantitative estimate of drug-likeness (QED) is 0.733. The molecule has 0 radical (unpaired) electrons. The minimum Gasteiger partial charge on any atom is -0.319 e. The molecule has 22 heavy (non-hydrogen) atoms. The first-order chi connectivity index (χ1) is 10.6. The molecule has 0 spiro atoms. The van der Waals surface area contributed by atoms with E-state index >= 15 is 0 Å². The Bertz CT molecular complexity index is 815. The van der Waals surface area contributed by atoms with Crippen LogP contribution < -0.4 is 5.32 Å². The number of aromatic nitrogens is 1. The van der Waals surface area contributed by atoms with Crippen LogP contribution in [-0.4, -0.2) is 10.9 Å². The Balaban J connectivity index is 1.80. The Kier molecular flexibility index (Phi) is 4.22. The van der Waals surface area contributed by atoms with Crippen molar-refractivity contribution in [3.63, 3.8) is 0 Å². The molecule has 0 unspecified atom stereocenters. The summed E-state index contributed by atoms with van der Waals surface area (Å²) in [6, 6.07) is 15.3. The fourth-order valence-electron chi connectivity index (χ4n) is 2.00. The zero-order chi connectivity index (χ0) is 15.5. The molecular formula is C17H13ClN2OS. The normalized spacial score (nSPS) is 10.5. The number of carbonyl (C=O) groups excluding carboxylic acids is 1. The fraction of sp³-hybridized carbons (Fsp3) is 0.0588. The first-order valence-corrected chi connectivity index (χ1v) is 7.98. The van der Waals surface area contributed by atoms with E-state index in [0.717, 1.165) is 16.1 Å². The van der Waals surface area contributed by atoms with Crippen LogP contribution in [-0.2, 0) is 0 Å². The molecule has 5 heteroatoms. The van der Waals surface area contributed by atoms with Gasteiger partial charge in [-0.25, -0.2) is 4.98 Å². The number of carbonyl (C=O) groups is 1. The summed E-state index contributed by atoms with van der Waals surface area (Å²) in [6.45, 7) is 1.95. The van der Waals surface area contributed by atoms with Crippen LogP contribution in [0, 0.1) is 6.92 Å². The van der Waals surface area contributed by atoms with E-state index in [1.807, 2.05) is 49.4 Å². The van der Waals surface area contributed by atoms with Crippen LogP contribution in [0.3, 0.4) is 0 Å². The molecule has 1 N–H and O–H groups in total. The third-order valence-corrected chi connectivity index (χ3v) is 4.33. The average molecular weight is 329 g/mol. The molecule has 0 bridgehead atoms. The first-order valence-electron chi connectivity index (χ1n) is 6.72. The van der Waals surface area contributed by atoms with Crippen molar-refractivity contribution in [1.29, 1.82) is 0 Å². The molecule has 0 fully saturated rings. The van der Waals surface area contributed by atoms with E-state index in [4.69, 9.17) is 11.6 Å². The number of amides is 1. The highest BCUT2D eigenvalue weighted by Gasteiger charge is 2.13. The van der Waals surface area contributed by atoms with Crippen LogP contribution in [0.15, 0.2) is 53.9 Å². The molecule has 0 atom stereocenters. The maximum absolute atomic E-state index is 12.3. The topological polar surface area (TPSA) is 42.0 Å². The van der Waals surface area contributed by atoms with Gasteiger partial charge in [0.05, 0.1) is 10.7 Å². The number of hydrogen-bond donors (Lipinski definition) is 1. The van der Waals surface area contributed by atoms with Crippen LogP contribution in [0.5, 0.6) is 0 Å². The Hall–Kier alpha value is -2.17. The van der Waals surface area contributed by atoms with Crippen molar-refractivity contribution < 1.29 is 4.79 Å². The van der Waals surface area contributed by atoms with Gasteiger partial charge in [0, 0.05) is 10.9 Å². The number of aryl methyl sites for hydroxylation is 1. The molecule has 1 heterocycles. The van der Waals surface area contributed by atoms with Gasteiger partial charge in [-0.15, -0.1) is 11.3 Å². The molecule has 3 nitrogen and oxygen atoms in total. The maximum Gasteiger partial charge on any atom is 0.275 e. The second-order valence-electron chi connectivity index (χ2n) is 4.84. The molecule has 110 valence electrons. The number of nitrogens with zero attached hydrogens (tertiary/aromatic N) is 1. The molecule has 2 aromatic carbocycles. The lowest BCUT2D eigenvalue weighted by Crippen LogP contribution is -2.12. The van der Waals surface area contributed by atoms with Gasteiger partial charge in [0.15, 0.2) is 0 Å². The van der Waals surface area contributed by atoms with Gasteiger partial charge in [-0.05, 0) is 24.6 Å². The Morgan fingerprint density at radius 1 is 1.18 bits per heavy atom. The first kappa shape index (κ1) is 14.8. The molecule has 0 saturated carbocycles. The Morgan fingerprint density at radius 2 is 1.95 bits per heavy atom. The van der Waals surface area contributed by atoms with Gasteiger partial charge in [0.25, 0.3) is 5.91 Å². The molecular weight excluding hydrogens is 316 g/mol. The summed E-state index contributed by atoms with van der Waals surface area (Å²) in [7, 11) is 0. The zero-order valence-corrected chi connectivity index (χ0v) is 13.4. The summed E-state index contributed by atoms with van der Waals surface area (Å²) in [6.07, 6.45) is 0. The molecule has 1 aromatic heterocycles. The van der Waals surface area contributed by atoms with E-state index in [2.05, 4.69) is 10.3 Å². The SMILES string of the molecule is Cc1ccc(NC(=O)c2csc(-c3ccccc3)n2)c(Cl)c1. The summed E-state index contributed by atoms with van der Waals surface area (Å²) >= 11 is 7.57. The molecule has 3 rings (SSSR count). The zero-order valence-electron chi connectivity index (χ0n) is 11.8. The van der Waals surface area contributed by atoms with E-state index in [-0.39, 0.29) is 5.91 Å². The summed E-state index contributed by atoms with van der Waals surface area (Å²) in [5, 5.41) is 5.88. The molecule has 3 aromatic rings. The van der Waals surface area contributed by atoms with Crippen molar-refractivity contribution in [2.24, 2.45) is 0 Å². The predicted molar refractivity (Wildman–Crippen MR) is 91.7 cm³/mol. The number of nitrogens with one attached hydrogen (secondary N) is 1. The van der Waals surface area contributed by atoms with Crippen molar-refractivity contribution in [2.75, 3.05) is 5.32 Å². The number of hydrogen-bond acceptors (Lipinski definition) is 3. The highest BCUT2D eigenvalue weighted by molar-refractivity contribution is 7.13. The highest BCUT2D eigenvalue weighted by atomic mass is 35.5. The standard InChI is InChI=1S/C17H13ClN2OS/c1-11-7-8-14(13(18)9-11)19-16(21)15-10-22-17(20-15)12-5-3-2-4-6-12/h2-10H,1H3,(H,19,21). The van der Waals surface area contributed by atoms with Crippen LogP contribution in [0.2, 0.25) is 5.02 Å². The van der Waals surface area contributed by atoms with Crippen LogP contribution >= 0.6 is 22.9 Å². The van der Waals surface area contributed by atoms with E-state index in [0.29, 0.717) is 16.4 Å². The van der Waals surface area contributed by atoms with Crippen LogP contribution in [0.25, 0.3) is 10.6 Å². The van der Waals surface area contributed by atoms with Crippen LogP contribution in [0.4, 0.5) is 5.69 Å². The second kappa shape index (κ2) is 6.30. The summed E-state index contributed by atoms with van der Waals surface area (Å²) in [4.78, 5) is 16.7. The lowest BCUT2D eigenvalue weighted by Gasteiger charge is -2.06. The maximum atomic E-state index is 12.3. The lowest BCUT2D eigenvalue weighted by molar-refractivity contribution is 0.102. The minimum absolute atomic E-state index is 0.260. The molecule has 0 saturated heterocycles. The third-order valence-electron chi connectivity index (χ3n) is 3.13. The van der Waals surface area contributed by atoms with Gasteiger partial charge >= 0.3 is 0 Å². The number of rotatable bonds is 3. The number of halogens is 1. The highest BCUT2D eigenvalue weighted by Crippen LogP contribution is 2.26. The van der Waals surface area contributed by atoms with Crippen molar-refractivity contribution in [3.05, 3.63) is 70.2 Å². The smallest absolute Gasteiger partial charge is 0.275 e. The number of thiazole rings is 1. The third kappa shape index (κ3) is 3.18. The van der Waals surface area contributed by atoms with Crippen LogP contribution in [0.1, 0.15) is 16.1 Å². The van der Waals surface area contributed by atoms with Gasteiger partial charge < -0.3 is 5.32 Å². The Morgan fingerprint density at radius 3 is 2.68 bits per heavy atom. The minimum atomic E-state index is -0.260. The van der Waals surface area contributed by atoms with E-state index < -0.39 is 0 Å². The number of benzene rings is 2. The van der Waals surface area contributed by atoms with Gasteiger partial charge in [0.1, 0.15) is 10.7 Å². The molecule has 0 aliphatic heterocycles. The van der Waals surface area contributed by atoms with Gasteiger partial charge in [-0.1, -0.05) is 48.0 Å². The fourth-order valence-corrected chi connectivity index (χ4v) is 3.09. The van der Waals surface area contributed by atoms with Crippen molar-refractivity contribution in [3.8, 4) is 10.6 Å². The van der Waals surface area contributed by atoms with E-state index in [1.165, 1.54) is 11.3 Å². The Labute approximate surface area is 137 Å². The van der Waals surface area contributed by atoms with Crippen molar-refractivity contribution in [1.82, 2.24) is 4.98 Å². The van der Waals surface area contributed by atoms with Crippen molar-refractivity contribution in [2.45, 2.75) is 6.92 Å². The monoisotopic (exact) mass is 328 g/mol. The summed E-state index contributed by atoms with van der Waals surface area (Å²) in [5.41, 5.74) is 3.02. The van der Waals surface area contributed by atoms with Crippen molar-refractivity contribution >= 4 is 34.5 Å². The lowest BCUT2D eigenvalue weighted by atomic mass is 10.2. The van der Waals surface area contributed by atoms with Gasteiger partial charge in [0.2, 0.25) is 0 Å². The summed E-state index contributed by atoms with van der Waals surface area (Å²) < 4.78 is 0. The molecule has 1 amide bonds. The van der Waals surface area contributed by atoms with Gasteiger partial charge in [-0.3, -0.25) is 4.79 Å². The predicted octanol–water partition coefficient (Wildman–Crippen LogP) is 5.02. The second-order valence-corrected chi connectivity index (χ2v) is 6.11. The average Bonchev–Trinajstić information content (AvgIpc) is 3.01. The largest absolute Gasteiger partial charge is 0.319 e. The number of anilines is 1. The summed E-state index contributed by atoms with van der Waals surface area (Å²) in [5.74, 6) is -0.260. The van der Waals surface area contributed by atoms with E-state index in [9.17, 15) is 4.79 Å². The molecule has 0 aliphatic carbocycles. The molecule has 0 aliphatic rings. The van der Waals surface area contributed by atoms with E-state index in [1.54, 1.807) is 11.4 Å². The van der Waals surface area contributed by atoms with Gasteiger partial charge in [-0.2, -0.15) is 0 Å².